The van der Waals surface area contributed by atoms with Crippen molar-refractivity contribution in [2.75, 3.05) is 0 Å². The standard InChI is InChI=1S/C19H26N2/c1-2-14-19(21,17-11-7-4-8-12-17)15-13-18(20)16-9-5-3-6-10-16/h3-12,18H,2,13-15,20-21H2,1H3. The molecule has 0 saturated carbocycles. The van der Waals surface area contributed by atoms with Crippen LogP contribution in [0.4, 0.5) is 0 Å². The van der Waals surface area contributed by atoms with E-state index in [1.807, 2.05) is 24.3 Å². The molecule has 0 aliphatic heterocycles. The van der Waals surface area contributed by atoms with Crippen LogP contribution in [0.3, 0.4) is 0 Å². The molecule has 2 nitrogen and oxygen atoms in total. The van der Waals surface area contributed by atoms with Crippen molar-refractivity contribution < 1.29 is 0 Å². The van der Waals surface area contributed by atoms with Gasteiger partial charge in [-0.2, -0.15) is 0 Å². The molecule has 0 aliphatic rings. The number of hydrogen-bond acceptors (Lipinski definition) is 2. The van der Waals surface area contributed by atoms with Crippen LogP contribution in [0, 0.1) is 0 Å². The molecule has 0 radical (unpaired) electrons. The molecule has 0 aliphatic carbocycles. The van der Waals surface area contributed by atoms with E-state index in [1.165, 1.54) is 11.1 Å². The second kappa shape index (κ2) is 7.39. The zero-order valence-electron chi connectivity index (χ0n) is 12.8. The van der Waals surface area contributed by atoms with E-state index in [2.05, 4.69) is 43.3 Å². The summed E-state index contributed by atoms with van der Waals surface area (Å²) in [5, 5.41) is 0. The maximum absolute atomic E-state index is 6.70. The van der Waals surface area contributed by atoms with E-state index >= 15 is 0 Å². The van der Waals surface area contributed by atoms with Crippen molar-refractivity contribution >= 4 is 0 Å². The van der Waals surface area contributed by atoms with Crippen LogP contribution in [-0.4, -0.2) is 0 Å². The quantitative estimate of drug-likeness (QED) is 0.802. The van der Waals surface area contributed by atoms with E-state index in [9.17, 15) is 0 Å². The van der Waals surface area contributed by atoms with E-state index in [0.29, 0.717) is 0 Å². The lowest BCUT2D eigenvalue weighted by Crippen LogP contribution is -2.37. The fraction of sp³-hybridized carbons (Fsp3) is 0.368. The Hall–Kier alpha value is -1.64. The van der Waals surface area contributed by atoms with Crippen LogP contribution in [0.25, 0.3) is 0 Å². The van der Waals surface area contributed by atoms with Gasteiger partial charge in [0.15, 0.2) is 0 Å². The van der Waals surface area contributed by atoms with Crippen molar-refractivity contribution in [1.82, 2.24) is 0 Å². The van der Waals surface area contributed by atoms with Crippen molar-refractivity contribution in [3.63, 3.8) is 0 Å². The molecule has 4 N–H and O–H groups in total. The van der Waals surface area contributed by atoms with Gasteiger partial charge in [-0.05, 0) is 30.4 Å². The Kier molecular flexibility index (Phi) is 5.54. The summed E-state index contributed by atoms with van der Waals surface area (Å²) in [5.41, 5.74) is 15.1. The molecule has 2 aromatic rings. The average Bonchev–Trinajstić information content (AvgIpc) is 2.54. The molecule has 0 amide bonds. The van der Waals surface area contributed by atoms with Crippen molar-refractivity contribution in [1.29, 1.82) is 0 Å². The van der Waals surface area contributed by atoms with Gasteiger partial charge in [-0.1, -0.05) is 74.0 Å². The van der Waals surface area contributed by atoms with Gasteiger partial charge in [-0.3, -0.25) is 0 Å². The second-order valence-corrected chi connectivity index (χ2v) is 5.83. The lowest BCUT2D eigenvalue weighted by Gasteiger charge is -2.31. The Morgan fingerprint density at radius 2 is 1.48 bits per heavy atom. The Balaban J connectivity index is 2.07. The zero-order valence-corrected chi connectivity index (χ0v) is 12.8. The minimum atomic E-state index is -0.275. The van der Waals surface area contributed by atoms with Crippen LogP contribution >= 0.6 is 0 Å². The summed E-state index contributed by atoms with van der Waals surface area (Å²) in [6, 6.07) is 20.7. The number of nitrogens with two attached hydrogens (primary N) is 2. The molecule has 112 valence electrons. The Labute approximate surface area is 128 Å². The SMILES string of the molecule is CCCC(N)(CCC(N)c1ccccc1)c1ccccc1. The number of benzene rings is 2. The van der Waals surface area contributed by atoms with Crippen molar-refractivity contribution in [2.45, 2.75) is 44.2 Å². The monoisotopic (exact) mass is 282 g/mol. The van der Waals surface area contributed by atoms with Gasteiger partial charge in [0.1, 0.15) is 0 Å². The number of hydrogen-bond donors (Lipinski definition) is 2. The largest absolute Gasteiger partial charge is 0.324 e. The van der Waals surface area contributed by atoms with Gasteiger partial charge in [0.2, 0.25) is 0 Å². The van der Waals surface area contributed by atoms with E-state index in [4.69, 9.17) is 11.5 Å². The molecule has 21 heavy (non-hydrogen) atoms. The highest BCUT2D eigenvalue weighted by Crippen LogP contribution is 2.31. The van der Waals surface area contributed by atoms with Crippen LogP contribution in [0.1, 0.15) is 49.8 Å². The highest BCUT2D eigenvalue weighted by Gasteiger charge is 2.26. The zero-order chi connectivity index (χ0) is 15.1. The van der Waals surface area contributed by atoms with Crippen LogP contribution in [0.15, 0.2) is 60.7 Å². The molecule has 0 bridgehead atoms. The Bertz CT molecular complexity index is 524. The highest BCUT2D eigenvalue weighted by atomic mass is 14.7. The first-order chi connectivity index (χ1) is 10.2. The summed E-state index contributed by atoms with van der Waals surface area (Å²) < 4.78 is 0. The third kappa shape index (κ3) is 4.16. The average molecular weight is 282 g/mol. The normalized spacial score (nSPS) is 15.4. The maximum Gasteiger partial charge on any atom is 0.0410 e. The van der Waals surface area contributed by atoms with Gasteiger partial charge < -0.3 is 11.5 Å². The van der Waals surface area contributed by atoms with Gasteiger partial charge in [-0.15, -0.1) is 0 Å². The maximum atomic E-state index is 6.70. The summed E-state index contributed by atoms with van der Waals surface area (Å²) in [6.45, 7) is 2.18. The molecule has 2 rings (SSSR count). The van der Waals surface area contributed by atoms with E-state index in [0.717, 1.165) is 25.7 Å². The van der Waals surface area contributed by atoms with Crippen molar-refractivity contribution in [2.24, 2.45) is 11.5 Å². The van der Waals surface area contributed by atoms with Crippen LogP contribution in [-0.2, 0) is 5.54 Å². The molecule has 0 spiro atoms. The molecular weight excluding hydrogens is 256 g/mol. The van der Waals surface area contributed by atoms with Crippen molar-refractivity contribution in [3.8, 4) is 0 Å². The predicted octanol–water partition coefficient (Wildman–Crippen LogP) is 4.12. The summed E-state index contributed by atoms with van der Waals surface area (Å²) in [4.78, 5) is 0. The van der Waals surface area contributed by atoms with Gasteiger partial charge in [0.25, 0.3) is 0 Å². The minimum absolute atomic E-state index is 0.0506. The summed E-state index contributed by atoms with van der Waals surface area (Å²) in [5.74, 6) is 0. The lowest BCUT2D eigenvalue weighted by molar-refractivity contribution is 0.349. The predicted molar refractivity (Wildman–Crippen MR) is 89.8 cm³/mol. The fourth-order valence-corrected chi connectivity index (χ4v) is 2.91. The van der Waals surface area contributed by atoms with Crippen molar-refractivity contribution in [3.05, 3.63) is 71.8 Å². The summed E-state index contributed by atoms with van der Waals surface area (Å²) in [6.07, 6.45) is 3.86. The fourth-order valence-electron chi connectivity index (χ4n) is 2.91. The Morgan fingerprint density at radius 3 is 2.05 bits per heavy atom. The molecule has 0 fully saturated rings. The van der Waals surface area contributed by atoms with E-state index in [-0.39, 0.29) is 11.6 Å². The third-order valence-electron chi connectivity index (χ3n) is 4.17. The molecule has 2 atom stereocenters. The second-order valence-electron chi connectivity index (χ2n) is 5.83. The Morgan fingerprint density at radius 1 is 0.905 bits per heavy atom. The molecule has 2 unspecified atom stereocenters. The van der Waals surface area contributed by atoms with Crippen LogP contribution in [0.2, 0.25) is 0 Å². The lowest BCUT2D eigenvalue weighted by atomic mass is 9.81. The van der Waals surface area contributed by atoms with Gasteiger partial charge >= 0.3 is 0 Å². The molecule has 0 heterocycles. The molecule has 2 aromatic carbocycles. The van der Waals surface area contributed by atoms with Gasteiger partial charge in [-0.25, -0.2) is 0 Å². The minimum Gasteiger partial charge on any atom is -0.324 e. The van der Waals surface area contributed by atoms with Gasteiger partial charge in [0.05, 0.1) is 0 Å². The number of rotatable bonds is 7. The molecule has 0 saturated heterocycles. The summed E-state index contributed by atoms with van der Waals surface area (Å²) in [7, 11) is 0. The molecule has 0 aromatic heterocycles. The topological polar surface area (TPSA) is 52.0 Å². The molecule has 2 heteroatoms. The van der Waals surface area contributed by atoms with E-state index < -0.39 is 0 Å². The third-order valence-corrected chi connectivity index (χ3v) is 4.17. The first-order valence-electron chi connectivity index (χ1n) is 7.80. The van der Waals surface area contributed by atoms with Gasteiger partial charge in [0, 0.05) is 11.6 Å². The summed E-state index contributed by atoms with van der Waals surface area (Å²) >= 11 is 0. The smallest absolute Gasteiger partial charge is 0.0410 e. The van der Waals surface area contributed by atoms with E-state index in [1.54, 1.807) is 0 Å². The van der Waals surface area contributed by atoms with Crippen LogP contribution in [0.5, 0.6) is 0 Å². The first-order valence-corrected chi connectivity index (χ1v) is 7.80. The van der Waals surface area contributed by atoms with Crippen LogP contribution < -0.4 is 11.5 Å². The first kappa shape index (κ1) is 15.7. The highest BCUT2D eigenvalue weighted by molar-refractivity contribution is 5.24. The molecular formula is C19H26N2.